The van der Waals surface area contributed by atoms with E-state index in [1.807, 2.05) is 6.07 Å². The van der Waals surface area contributed by atoms with Crippen LogP contribution in [0.4, 0.5) is 4.39 Å². The van der Waals surface area contributed by atoms with Gasteiger partial charge < -0.3 is 19.9 Å². The molecule has 10 heteroatoms. The Hall–Kier alpha value is -3.48. The summed E-state index contributed by atoms with van der Waals surface area (Å²) >= 11 is 5.97. The SMILES string of the molecule is N#Cc1ccc(CC(NC(=O)c2cc3cc(Cl)cnc3[nH]2)C(=O)N2CC3(COC3)C2)c(F)c1. The minimum Gasteiger partial charge on any atom is -0.380 e. The van der Waals surface area contributed by atoms with Crippen LogP contribution < -0.4 is 5.32 Å². The first-order valence-electron chi connectivity index (χ1n) is 10.4. The molecule has 2 amide bonds. The van der Waals surface area contributed by atoms with Gasteiger partial charge in [0.05, 0.1) is 35.3 Å². The molecule has 1 spiro atoms. The smallest absolute Gasteiger partial charge is 0.268 e. The fourth-order valence-corrected chi connectivity index (χ4v) is 4.43. The highest BCUT2D eigenvalue weighted by Crippen LogP contribution is 2.37. The van der Waals surface area contributed by atoms with E-state index in [4.69, 9.17) is 21.6 Å². The maximum absolute atomic E-state index is 14.6. The van der Waals surface area contributed by atoms with Crippen molar-refractivity contribution in [3.05, 3.63) is 64.2 Å². The second kappa shape index (κ2) is 8.14. The number of likely N-dealkylation sites (tertiary alicyclic amines) is 1. The lowest BCUT2D eigenvalue weighted by Crippen LogP contribution is -2.69. The number of amides is 2. The minimum absolute atomic E-state index is 0.00598. The van der Waals surface area contributed by atoms with Crippen LogP contribution in [0.1, 0.15) is 21.6 Å². The third-order valence-corrected chi connectivity index (χ3v) is 6.28. The van der Waals surface area contributed by atoms with E-state index < -0.39 is 17.8 Å². The Bertz CT molecular complexity index is 1310. The van der Waals surface area contributed by atoms with Crippen molar-refractivity contribution in [2.75, 3.05) is 26.3 Å². The lowest BCUT2D eigenvalue weighted by Gasteiger charge is -2.55. The van der Waals surface area contributed by atoms with Gasteiger partial charge in [0.25, 0.3) is 5.91 Å². The zero-order valence-corrected chi connectivity index (χ0v) is 18.2. The Morgan fingerprint density at radius 3 is 2.79 bits per heavy atom. The molecule has 33 heavy (non-hydrogen) atoms. The number of halogens is 2. The molecule has 2 fully saturated rings. The van der Waals surface area contributed by atoms with E-state index in [2.05, 4.69) is 15.3 Å². The van der Waals surface area contributed by atoms with Crippen LogP contribution in [-0.4, -0.2) is 59.0 Å². The van der Waals surface area contributed by atoms with Crippen molar-refractivity contribution in [1.82, 2.24) is 20.2 Å². The van der Waals surface area contributed by atoms with Crippen LogP contribution in [0.25, 0.3) is 11.0 Å². The number of fused-ring (bicyclic) bond motifs is 1. The minimum atomic E-state index is -0.985. The summed E-state index contributed by atoms with van der Waals surface area (Å²) in [4.78, 5) is 34.9. The molecule has 5 rings (SSSR count). The topological polar surface area (TPSA) is 111 Å². The summed E-state index contributed by atoms with van der Waals surface area (Å²) in [5.41, 5.74) is 1.12. The fourth-order valence-electron chi connectivity index (χ4n) is 4.26. The molecule has 1 atom stereocenters. The van der Waals surface area contributed by atoms with E-state index in [9.17, 15) is 14.0 Å². The lowest BCUT2D eigenvalue weighted by atomic mass is 9.77. The molecule has 2 aromatic heterocycles. The summed E-state index contributed by atoms with van der Waals surface area (Å²) in [6, 6.07) is 8.24. The Morgan fingerprint density at radius 2 is 2.12 bits per heavy atom. The molecular weight excluding hydrogens is 449 g/mol. The number of carbonyl (C=O) groups is 2. The second-order valence-corrected chi connectivity index (χ2v) is 9.05. The third kappa shape index (κ3) is 4.03. The first-order chi connectivity index (χ1) is 15.9. The molecule has 0 aliphatic carbocycles. The van der Waals surface area contributed by atoms with Crippen LogP contribution >= 0.6 is 11.6 Å². The van der Waals surface area contributed by atoms with Gasteiger partial charge in [-0.3, -0.25) is 9.59 Å². The number of benzene rings is 1. The molecule has 2 aliphatic rings. The number of pyridine rings is 1. The average Bonchev–Trinajstić information content (AvgIpc) is 3.15. The molecule has 0 saturated carbocycles. The van der Waals surface area contributed by atoms with E-state index in [1.54, 1.807) is 17.0 Å². The van der Waals surface area contributed by atoms with E-state index in [-0.39, 0.29) is 34.6 Å². The molecule has 0 bridgehead atoms. The van der Waals surface area contributed by atoms with Crippen molar-refractivity contribution in [3.63, 3.8) is 0 Å². The van der Waals surface area contributed by atoms with E-state index >= 15 is 0 Å². The van der Waals surface area contributed by atoms with E-state index in [0.29, 0.717) is 42.4 Å². The second-order valence-electron chi connectivity index (χ2n) is 8.61. The summed E-state index contributed by atoms with van der Waals surface area (Å²) in [5.74, 6) is -1.40. The van der Waals surface area contributed by atoms with Crippen molar-refractivity contribution in [1.29, 1.82) is 5.26 Å². The average molecular weight is 468 g/mol. The summed E-state index contributed by atoms with van der Waals surface area (Å²) in [7, 11) is 0. The Balaban J connectivity index is 1.38. The summed E-state index contributed by atoms with van der Waals surface area (Å²) in [6.07, 6.45) is 1.42. The number of H-pyrrole nitrogens is 1. The van der Waals surface area contributed by atoms with Gasteiger partial charge in [-0.1, -0.05) is 17.7 Å². The molecule has 4 heterocycles. The molecule has 8 nitrogen and oxygen atoms in total. The Morgan fingerprint density at radius 1 is 1.33 bits per heavy atom. The van der Waals surface area contributed by atoms with Crippen LogP contribution in [0.5, 0.6) is 0 Å². The van der Waals surface area contributed by atoms with Gasteiger partial charge >= 0.3 is 0 Å². The number of rotatable bonds is 5. The van der Waals surface area contributed by atoms with Crippen LogP contribution in [0.3, 0.4) is 0 Å². The predicted octanol–water partition coefficient (Wildman–Crippen LogP) is 2.43. The number of nitrogens with one attached hydrogen (secondary N) is 2. The van der Waals surface area contributed by atoms with Gasteiger partial charge in [0.2, 0.25) is 5.91 Å². The number of nitriles is 1. The largest absolute Gasteiger partial charge is 0.380 e. The zero-order valence-electron chi connectivity index (χ0n) is 17.4. The van der Waals surface area contributed by atoms with Gasteiger partial charge in [-0.05, 0) is 29.8 Å². The van der Waals surface area contributed by atoms with Crippen molar-refractivity contribution in [2.45, 2.75) is 12.5 Å². The van der Waals surface area contributed by atoms with Crippen LogP contribution in [0, 0.1) is 22.6 Å². The summed E-state index contributed by atoms with van der Waals surface area (Å²) in [6.45, 7) is 2.32. The maximum atomic E-state index is 14.6. The van der Waals surface area contributed by atoms with Crippen molar-refractivity contribution in [2.24, 2.45) is 5.41 Å². The molecule has 2 N–H and O–H groups in total. The molecular formula is C23H19ClFN5O3. The van der Waals surface area contributed by atoms with E-state index in [1.165, 1.54) is 18.3 Å². The number of ether oxygens (including phenoxy) is 1. The highest BCUT2D eigenvalue weighted by molar-refractivity contribution is 6.31. The van der Waals surface area contributed by atoms with Gasteiger partial charge in [-0.15, -0.1) is 0 Å². The molecule has 1 unspecified atom stereocenters. The van der Waals surface area contributed by atoms with Gasteiger partial charge in [-0.2, -0.15) is 5.26 Å². The Labute approximate surface area is 193 Å². The first-order valence-corrected chi connectivity index (χ1v) is 10.7. The molecule has 0 radical (unpaired) electrons. The Kier molecular flexibility index (Phi) is 5.27. The fraction of sp³-hybridized carbons (Fsp3) is 0.304. The van der Waals surface area contributed by atoms with Gasteiger partial charge in [0.1, 0.15) is 23.2 Å². The zero-order chi connectivity index (χ0) is 23.2. The van der Waals surface area contributed by atoms with Crippen molar-refractivity contribution < 1.29 is 18.7 Å². The first kappa shape index (κ1) is 21.4. The van der Waals surface area contributed by atoms with Crippen molar-refractivity contribution in [3.8, 4) is 6.07 Å². The number of hydrogen-bond donors (Lipinski definition) is 2. The highest BCUT2D eigenvalue weighted by atomic mass is 35.5. The lowest BCUT2D eigenvalue weighted by molar-refractivity contribution is -0.196. The van der Waals surface area contributed by atoms with Gasteiger partial charge in [0, 0.05) is 31.1 Å². The monoisotopic (exact) mass is 467 g/mol. The quantitative estimate of drug-likeness (QED) is 0.598. The number of aromatic nitrogens is 2. The highest BCUT2D eigenvalue weighted by Gasteiger charge is 2.51. The summed E-state index contributed by atoms with van der Waals surface area (Å²) < 4.78 is 19.8. The predicted molar refractivity (Wildman–Crippen MR) is 117 cm³/mol. The number of nitrogens with zero attached hydrogens (tertiary/aromatic N) is 3. The molecule has 168 valence electrons. The molecule has 2 aliphatic heterocycles. The van der Waals surface area contributed by atoms with E-state index in [0.717, 1.165) is 6.07 Å². The van der Waals surface area contributed by atoms with Crippen LogP contribution in [0.15, 0.2) is 36.5 Å². The maximum Gasteiger partial charge on any atom is 0.268 e. The van der Waals surface area contributed by atoms with Gasteiger partial charge in [0.15, 0.2) is 0 Å². The van der Waals surface area contributed by atoms with Crippen LogP contribution in [0.2, 0.25) is 5.02 Å². The number of hydrogen-bond acceptors (Lipinski definition) is 5. The number of carbonyl (C=O) groups excluding carboxylic acids is 2. The number of aromatic amines is 1. The molecule has 3 aromatic rings. The van der Waals surface area contributed by atoms with Crippen molar-refractivity contribution >= 4 is 34.4 Å². The van der Waals surface area contributed by atoms with Gasteiger partial charge in [-0.25, -0.2) is 9.37 Å². The normalized spacial score (nSPS) is 17.2. The standard InChI is InChI=1S/C23H19ClFN5O3/c24-16-4-15-6-18(28-20(15)27-8-16)21(31)29-19(5-14-2-1-13(7-26)3-17(14)25)22(32)30-9-23(10-30)11-33-12-23/h1-4,6,8,19H,5,9-12H2,(H,27,28)(H,29,31). The third-order valence-electron chi connectivity index (χ3n) is 6.07. The van der Waals surface area contributed by atoms with Crippen LogP contribution in [-0.2, 0) is 16.0 Å². The summed E-state index contributed by atoms with van der Waals surface area (Å²) in [5, 5.41) is 12.8. The molecule has 1 aromatic carbocycles. The molecule has 2 saturated heterocycles.